The van der Waals surface area contributed by atoms with Gasteiger partial charge in [-0.15, -0.1) is 0 Å². The molecule has 6 nitrogen and oxygen atoms in total. The highest BCUT2D eigenvalue weighted by molar-refractivity contribution is 5.87. The van der Waals surface area contributed by atoms with Crippen LogP contribution in [-0.2, 0) is 4.79 Å². The van der Waals surface area contributed by atoms with Crippen LogP contribution in [0.5, 0.6) is 0 Å². The lowest BCUT2D eigenvalue weighted by molar-refractivity contribution is -0.159. The number of aliphatic hydroxyl groups is 1. The smallest absolute Gasteiger partial charge is 0.318 e. The molecular formula is C24H29N3O3. The van der Waals surface area contributed by atoms with Crippen molar-refractivity contribution in [2.45, 2.75) is 44.8 Å². The number of amides is 3. The minimum Gasteiger partial charge on any atom is -0.394 e. The van der Waals surface area contributed by atoms with Crippen LogP contribution in [0.2, 0.25) is 0 Å². The highest BCUT2D eigenvalue weighted by Crippen LogP contribution is 2.43. The molecule has 2 aliphatic rings. The van der Waals surface area contributed by atoms with E-state index in [1.165, 1.54) is 5.56 Å². The highest BCUT2D eigenvalue weighted by Gasteiger charge is 2.54. The molecule has 2 fully saturated rings. The van der Waals surface area contributed by atoms with E-state index in [2.05, 4.69) is 60.8 Å². The van der Waals surface area contributed by atoms with Gasteiger partial charge in [0.1, 0.15) is 6.54 Å². The third kappa shape index (κ3) is 3.67. The number of piperazine rings is 1. The molecule has 0 radical (unpaired) electrons. The summed E-state index contributed by atoms with van der Waals surface area (Å²) in [5, 5.41) is 12.8. The Hall–Kier alpha value is -2.86. The Balaban J connectivity index is 1.54. The molecule has 2 N–H and O–H groups in total. The fourth-order valence-electron chi connectivity index (χ4n) is 4.64. The van der Waals surface area contributed by atoms with Crippen molar-refractivity contribution in [3.8, 4) is 11.1 Å². The monoisotopic (exact) mass is 407 g/mol. The van der Waals surface area contributed by atoms with E-state index in [0.717, 1.165) is 16.7 Å². The van der Waals surface area contributed by atoms with E-state index in [4.69, 9.17) is 0 Å². The van der Waals surface area contributed by atoms with E-state index in [0.29, 0.717) is 6.54 Å². The average molecular weight is 408 g/mol. The molecule has 2 aliphatic heterocycles. The number of carbonyl (C=O) groups excluding carboxylic acids is 2. The van der Waals surface area contributed by atoms with Gasteiger partial charge in [-0.3, -0.25) is 4.79 Å². The molecule has 2 aromatic rings. The summed E-state index contributed by atoms with van der Waals surface area (Å²) in [5.74, 6) is -0.0857. The van der Waals surface area contributed by atoms with Gasteiger partial charge in [-0.05, 0) is 37.5 Å². The van der Waals surface area contributed by atoms with E-state index < -0.39 is 0 Å². The molecule has 0 spiro atoms. The number of carbonyl (C=O) groups is 2. The van der Waals surface area contributed by atoms with Crippen molar-refractivity contribution < 1.29 is 14.7 Å². The van der Waals surface area contributed by atoms with Crippen molar-refractivity contribution in [3.05, 3.63) is 59.7 Å². The van der Waals surface area contributed by atoms with Crippen LogP contribution in [0.25, 0.3) is 11.1 Å². The van der Waals surface area contributed by atoms with Gasteiger partial charge in [0.05, 0.1) is 18.7 Å². The lowest BCUT2D eigenvalue weighted by Gasteiger charge is -2.58. The molecule has 3 amide bonds. The van der Waals surface area contributed by atoms with Gasteiger partial charge in [0.25, 0.3) is 0 Å². The summed E-state index contributed by atoms with van der Waals surface area (Å²) >= 11 is 0. The minimum atomic E-state index is -0.233. The molecule has 3 atom stereocenters. The second-order valence-electron chi connectivity index (χ2n) is 8.62. The first kappa shape index (κ1) is 20.4. The van der Waals surface area contributed by atoms with Crippen molar-refractivity contribution in [2.24, 2.45) is 0 Å². The van der Waals surface area contributed by atoms with E-state index in [1.807, 2.05) is 13.8 Å². The fraction of sp³-hybridized carbons (Fsp3) is 0.417. The molecular weight excluding hydrogens is 378 g/mol. The van der Waals surface area contributed by atoms with Gasteiger partial charge in [0, 0.05) is 18.5 Å². The highest BCUT2D eigenvalue weighted by atomic mass is 16.3. The standard InChI is InChI=1S/C24H29N3O3/c1-15(2)25-24(30)26-12-20-23(21(14-28)27(20)22(29)13-26)19-10-8-18(9-11-19)17-6-4-16(3)5-7-17/h4-11,15,20-21,23,28H,12-14H2,1-3H3,(H,25,30)/t20-,21+,23+/m1/s1. The number of nitrogens with zero attached hydrogens (tertiary/aromatic N) is 2. The number of hydrogen-bond acceptors (Lipinski definition) is 3. The molecule has 0 unspecified atom stereocenters. The van der Waals surface area contributed by atoms with Gasteiger partial charge < -0.3 is 20.2 Å². The summed E-state index contributed by atoms with van der Waals surface area (Å²) in [6, 6.07) is 16.2. The van der Waals surface area contributed by atoms with Crippen molar-refractivity contribution >= 4 is 11.9 Å². The topological polar surface area (TPSA) is 72.9 Å². The first-order valence-corrected chi connectivity index (χ1v) is 10.5. The van der Waals surface area contributed by atoms with Crippen LogP contribution in [0.3, 0.4) is 0 Å². The Bertz CT molecular complexity index is 924. The average Bonchev–Trinajstić information content (AvgIpc) is 2.70. The van der Waals surface area contributed by atoms with Crippen molar-refractivity contribution in [1.29, 1.82) is 0 Å². The zero-order valence-corrected chi connectivity index (χ0v) is 17.7. The Morgan fingerprint density at radius 1 is 1.10 bits per heavy atom. The molecule has 2 saturated heterocycles. The van der Waals surface area contributed by atoms with Gasteiger partial charge in [-0.25, -0.2) is 4.79 Å². The van der Waals surface area contributed by atoms with Gasteiger partial charge in [-0.2, -0.15) is 0 Å². The summed E-state index contributed by atoms with van der Waals surface area (Å²) in [5.41, 5.74) is 4.60. The molecule has 0 aliphatic carbocycles. The maximum absolute atomic E-state index is 12.7. The van der Waals surface area contributed by atoms with Gasteiger partial charge in [-0.1, -0.05) is 54.1 Å². The number of benzene rings is 2. The lowest BCUT2D eigenvalue weighted by atomic mass is 9.73. The zero-order valence-electron chi connectivity index (χ0n) is 17.7. The summed E-state index contributed by atoms with van der Waals surface area (Å²) in [4.78, 5) is 28.5. The number of fused-ring (bicyclic) bond motifs is 1. The Morgan fingerprint density at radius 2 is 1.70 bits per heavy atom. The maximum atomic E-state index is 12.7. The summed E-state index contributed by atoms with van der Waals surface area (Å²) in [7, 11) is 0. The number of aliphatic hydroxyl groups excluding tert-OH is 1. The van der Waals surface area contributed by atoms with E-state index in [-0.39, 0.29) is 49.1 Å². The SMILES string of the molecule is Cc1ccc(-c2ccc([C@H]3[C@H]4CN(C(=O)NC(C)C)CC(=O)N4[C@H]3CO)cc2)cc1. The van der Waals surface area contributed by atoms with Crippen molar-refractivity contribution in [2.75, 3.05) is 19.7 Å². The Kier molecular flexibility index (Phi) is 5.52. The number of nitrogens with one attached hydrogen (secondary N) is 1. The number of aryl methyl sites for hydroxylation is 1. The summed E-state index contributed by atoms with van der Waals surface area (Å²) in [6.45, 7) is 6.33. The molecule has 158 valence electrons. The second kappa shape index (κ2) is 8.11. The van der Waals surface area contributed by atoms with Crippen molar-refractivity contribution in [1.82, 2.24) is 15.1 Å². The normalized spacial score (nSPS) is 23.2. The zero-order chi connectivity index (χ0) is 21.4. The first-order chi connectivity index (χ1) is 14.4. The van der Waals surface area contributed by atoms with Crippen LogP contribution >= 0.6 is 0 Å². The Morgan fingerprint density at radius 3 is 2.27 bits per heavy atom. The third-order valence-corrected chi connectivity index (χ3v) is 6.13. The van der Waals surface area contributed by atoms with Crippen LogP contribution in [0.15, 0.2) is 48.5 Å². The van der Waals surface area contributed by atoms with Crippen LogP contribution in [0.4, 0.5) is 4.79 Å². The molecule has 2 aromatic carbocycles. The van der Waals surface area contributed by atoms with E-state index in [9.17, 15) is 14.7 Å². The molecule has 4 rings (SSSR count). The van der Waals surface area contributed by atoms with Crippen LogP contribution in [-0.4, -0.2) is 64.7 Å². The molecule has 0 saturated carbocycles. The fourth-order valence-corrected chi connectivity index (χ4v) is 4.64. The lowest BCUT2D eigenvalue weighted by Crippen LogP contribution is -2.74. The molecule has 6 heteroatoms. The minimum absolute atomic E-state index is 0.0145. The van der Waals surface area contributed by atoms with Crippen LogP contribution in [0, 0.1) is 6.92 Å². The largest absolute Gasteiger partial charge is 0.394 e. The quantitative estimate of drug-likeness (QED) is 0.819. The molecule has 0 aromatic heterocycles. The van der Waals surface area contributed by atoms with Crippen LogP contribution < -0.4 is 5.32 Å². The van der Waals surface area contributed by atoms with Crippen LogP contribution in [0.1, 0.15) is 30.9 Å². The summed E-state index contributed by atoms with van der Waals surface area (Å²) < 4.78 is 0. The third-order valence-electron chi connectivity index (χ3n) is 6.13. The van der Waals surface area contributed by atoms with E-state index in [1.54, 1.807) is 9.80 Å². The van der Waals surface area contributed by atoms with E-state index >= 15 is 0 Å². The second-order valence-corrected chi connectivity index (χ2v) is 8.62. The Labute approximate surface area is 177 Å². The molecule has 2 heterocycles. The van der Waals surface area contributed by atoms with Gasteiger partial charge in [0.15, 0.2) is 0 Å². The predicted octanol–water partition coefficient (Wildman–Crippen LogP) is 2.75. The summed E-state index contributed by atoms with van der Waals surface area (Å²) in [6.07, 6.45) is 0. The first-order valence-electron chi connectivity index (χ1n) is 10.5. The molecule has 30 heavy (non-hydrogen) atoms. The number of rotatable bonds is 4. The maximum Gasteiger partial charge on any atom is 0.318 e. The molecule has 0 bridgehead atoms. The number of hydrogen-bond donors (Lipinski definition) is 2. The van der Waals surface area contributed by atoms with Crippen molar-refractivity contribution in [3.63, 3.8) is 0 Å². The number of urea groups is 1. The van der Waals surface area contributed by atoms with Gasteiger partial charge in [0.2, 0.25) is 5.91 Å². The predicted molar refractivity (Wildman–Crippen MR) is 116 cm³/mol. The van der Waals surface area contributed by atoms with Gasteiger partial charge >= 0.3 is 6.03 Å².